The minimum atomic E-state index is -0.323. The minimum absolute atomic E-state index is 0.0673. The van der Waals surface area contributed by atoms with E-state index in [-0.39, 0.29) is 30.6 Å². The first-order valence-corrected chi connectivity index (χ1v) is 11.2. The second kappa shape index (κ2) is 10.6. The van der Waals surface area contributed by atoms with Gasteiger partial charge in [-0.25, -0.2) is 4.98 Å². The second-order valence-corrected chi connectivity index (χ2v) is 7.89. The Balaban J connectivity index is 1.42. The Hall–Kier alpha value is -3.93. The van der Waals surface area contributed by atoms with Crippen molar-refractivity contribution in [3.05, 3.63) is 95.8 Å². The fourth-order valence-corrected chi connectivity index (χ4v) is 3.70. The molecule has 0 saturated heterocycles. The van der Waals surface area contributed by atoms with Crippen LogP contribution in [0.5, 0.6) is 5.75 Å². The van der Waals surface area contributed by atoms with Gasteiger partial charge in [-0.3, -0.25) is 9.59 Å². The topological polar surface area (TPSA) is 84.1 Å². The quantitative estimate of drug-likeness (QED) is 0.331. The van der Waals surface area contributed by atoms with Crippen molar-refractivity contribution in [1.29, 1.82) is 0 Å². The van der Waals surface area contributed by atoms with Crippen molar-refractivity contribution in [2.24, 2.45) is 0 Å². The lowest BCUT2D eigenvalue weighted by molar-refractivity contribution is -0.121. The molecule has 0 unspecified atom stereocenters. The number of amides is 1. The molecule has 1 aromatic heterocycles. The first-order chi connectivity index (χ1) is 16.1. The van der Waals surface area contributed by atoms with Gasteiger partial charge in [0.2, 0.25) is 5.91 Å². The van der Waals surface area contributed by atoms with Crippen molar-refractivity contribution in [3.63, 3.8) is 0 Å². The lowest BCUT2D eigenvalue weighted by Crippen LogP contribution is -2.29. The summed E-state index contributed by atoms with van der Waals surface area (Å²) >= 11 is 0. The van der Waals surface area contributed by atoms with Crippen LogP contribution in [0.2, 0.25) is 0 Å². The monoisotopic (exact) mass is 441 g/mol. The number of aromatic nitrogens is 2. The van der Waals surface area contributed by atoms with Crippen molar-refractivity contribution in [1.82, 2.24) is 15.3 Å². The maximum Gasteiger partial charge on any atom is 0.221 e. The third kappa shape index (κ3) is 5.66. The van der Waals surface area contributed by atoms with E-state index in [0.29, 0.717) is 12.2 Å². The lowest BCUT2D eigenvalue weighted by atomic mass is 9.97. The molecule has 1 heterocycles. The number of fused-ring (bicyclic) bond motifs is 1. The van der Waals surface area contributed by atoms with E-state index in [1.807, 2.05) is 55.5 Å². The average molecular weight is 442 g/mol. The minimum Gasteiger partial charge on any atom is -0.494 e. The number of ether oxygens (including phenoxy) is 1. The molecule has 33 heavy (non-hydrogen) atoms. The summed E-state index contributed by atoms with van der Waals surface area (Å²) in [5.74, 6) is 0.498. The number of carbonyl (C=O) groups excluding carboxylic acids is 2. The second-order valence-electron chi connectivity index (χ2n) is 7.89. The van der Waals surface area contributed by atoms with Crippen molar-refractivity contribution < 1.29 is 14.3 Å². The molecular weight excluding hydrogens is 414 g/mol. The van der Waals surface area contributed by atoms with E-state index < -0.39 is 0 Å². The fraction of sp³-hybridized carbons (Fsp3) is 0.222. The van der Waals surface area contributed by atoms with Crippen LogP contribution in [0, 0.1) is 0 Å². The zero-order chi connectivity index (χ0) is 23.0. The van der Waals surface area contributed by atoms with Crippen molar-refractivity contribution in [2.75, 3.05) is 6.61 Å². The smallest absolute Gasteiger partial charge is 0.221 e. The Labute approximate surface area is 193 Å². The van der Waals surface area contributed by atoms with Gasteiger partial charge >= 0.3 is 0 Å². The normalized spacial score (nSPS) is 11.8. The average Bonchev–Trinajstić information content (AvgIpc) is 3.33. The zero-order valence-corrected chi connectivity index (χ0v) is 18.6. The van der Waals surface area contributed by atoms with Crippen LogP contribution in [-0.2, 0) is 4.79 Å². The van der Waals surface area contributed by atoms with Gasteiger partial charge in [-0.1, -0.05) is 43.3 Å². The molecule has 2 N–H and O–H groups in total. The molecule has 0 aliphatic heterocycles. The molecule has 0 fully saturated rings. The van der Waals surface area contributed by atoms with Crippen LogP contribution in [0.25, 0.3) is 11.0 Å². The summed E-state index contributed by atoms with van der Waals surface area (Å²) in [4.78, 5) is 32.8. The van der Waals surface area contributed by atoms with E-state index in [9.17, 15) is 9.59 Å². The summed E-state index contributed by atoms with van der Waals surface area (Å²) in [5.41, 5.74) is 4.27. The lowest BCUT2D eigenvalue weighted by Gasteiger charge is -2.20. The van der Waals surface area contributed by atoms with Crippen LogP contribution < -0.4 is 10.1 Å². The Morgan fingerprint density at radius 2 is 1.76 bits per heavy atom. The summed E-state index contributed by atoms with van der Waals surface area (Å²) in [6, 6.07) is 22.4. The summed E-state index contributed by atoms with van der Waals surface area (Å²) in [5, 5.41) is 3.10. The summed E-state index contributed by atoms with van der Waals surface area (Å²) in [6.07, 6.45) is 2.83. The van der Waals surface area contributed by atoms with Crippen molar-refractivity contribution in [3.8, 4) is 5.75 Å². The number of carbonyl (C=O) groups is 2. The number of benzene rings is 3. The summed E-state index contributed by atoms with van der Waals surface area (Å²) in [7, 11) is 0. The number of rotatable bonds is 10. The van der Waals surface area contributed by atoms with Crippen molar-refractivity contribution in [2.45, 2.75) is 32.2 Å². The number of ketones is 1. The molecule has 0 aliphatic rings. The number of nitrogens with one attached hydrogen (secondary N) is 2. The first kappa shape index (κ1) is 22.3. The van der Waals surface area contributed by atoms with Crippen LogP contribution in [0.4, 0.5) is 0 Å². The molecule has 0 saturated carbocycles. The molecular formula is C27H27N3O3. The van der Waals surface area contributed by atoms with Gasteiger partial charge in [-0.05, 0) is 53.9 Å². The Morgan fingerprint density at radius 1 is 0.970 bits per heavy atom. The number of aromatic amines is 1. The molecule has 0 aliphatic carbocycles. The summed E-state index contributed by atoms with van der Waals surface area (Å²) in [6.45, 7) is 2.68. The Kier molecular flexibility index (Phi) is 7.15. The van der Waals surface area contributed by atoms with Gasteiger partial charge in [0.1, 0.15) is 5.75 Å². The molecule has 4 rings (SSSR count). The summed E-state index contributed by atoms with van der Waals surface area (Å²) < 4.78 is 5.56. The van der Waals surface area contributed by atoms with E-state index in [0.717, 1.165) is 34.3 Å². The largest absolute Gasteiger partial charge is 0.494 e. The van der Waals surface area contributed by atoms with Gasteiger partial charge < -0.3 is 15.0 Å². The molecule has 1 amide bonds. The van der Waals surface area contributed by atoms with Gasteiger partial charge in [-0.15, -0.1) is 0 Å². The molecule has 6 nitrogen and oxygen atoms in total. The molecule has 1 atom stereocenters. The standard InChI is InChI=1S/C27H27N3O3/c1-2-16-33-22-11-8-19(9-12-22)25(31)14-15-26(32)30-27(20-6-4-3-5-7-20)21-10-13-23-24(17-21)29-18-28-23/h3-13,17-18,27H,2,14-16H2,1H3,(H,28,29)(H,30,32)/t27-/m1/s1. The first-order valence-electron chi connectivity index (χ1n) is 11.2. The van der Waals surface area contributed by atoms with E-state index in [4.69, 9.17) is 4.74 Å². The third-order valence-electron chi connectivity index (χ3n) is 5.44. The molecule has 6 heteroatoms. The van der Waals surface area contributed by atoms with Crippen LogP contribution in [0.15, 0.2) is 79.1 Å². The van der Waals surface area contributed by atoms with Crippen LogP contribution >= 0.6 is 0 Å². The number of hydrogen-bond donors (Lipinski definition) is 2. The number of imidazole rings is 1. The van der Waals surface area contributed by atoms with E-state index >= 15 is 0 Å². The molecule has 0 spiro atoms. The van der Waals surface area contributed by atoms with Crippen molar-refractivity contribution >= 4 is 22.7 Å². The number of H-pyrrole nitrogens is 1. The Morgan fingerprint density at radius 3 is 2.52 bits per heavy atom. The molecule has 3 aromatic carbocycles. The van der Waals surface area contributed by atoms with Crippen LogP contribution in [0.3, 0.4) is 0 Å². The van der Waals surface area contributed by atoms with Gasteiger partial charge in [0, 0.05) is 18.4 Å². The van der Waals surface area contributed by atoms with Gasteiger partial charge in [-0.2, -0.15) is 0 Å². The zero-order valence-electron chi connectivity index (χ0n) is 18.6. The molecule has 0 bridgehead atoms. The molecule has 4 aromatic rings. The van der Waals surface area contributed by atoms with Gasteiger partial charge in [0.05, 0.1) is 30.0 Å². The predicted octanol–water partition coefficient (Wildman–Crippen LogP) is 5.22. The highest BCUT2D eigenvalue weighted by atomic mass is 16.5. The highest BCUT2D eigenvalue weighted by molar-refractivity contribution is 5.98. The number of nitrogens with zero attached hydrogens (tertiary/aromatic N) is 1. The fourth-order valence-electron chi connectivity index (χ4n) is 3.70. The Bertz CT molecular complexity index is 1220. The highest BCUT2D eigenvalue weighted by Crippen LogP contribution is 2.25. The van der Waals surface area contributed by atoms with Gasteiger partial charge in [0.25, 0.3) is 0 Å². The highest BCUT2D eigenvalue weighted by Gasteiger charge is 2.18. The SMILES string of the molecule is CCCOc1ccc(C(=O)CCC(=O)N[C@H](c2ccccc2)c2ccc3nc[nH]c3c2)cc1. The predicted molar refractivity (Wildman–Crippen MR) is 128 cm³/mol. The van der Waals surface area contributed by atoms with E-state index in [1.54, 1.807) is 30.6 Å². The maximum absolute atomic E-state index is 12.8. The maximum atomic E-state index is 12.8. The molecule has 168 valence electrons. The van der Waals surface area contributed by atoms with E-state index in [1.165, 1.54) is 0 Å². The number of hydrogen-bond acceptors (Lipinski definition) is 4. The van der Waals surface area contributed by atoms with Gasteiger partial charge in [0.15, 0.2) is 5.78 Å². The third-order valence-corrected chi connectivity index (χ3v) is 5.44. The van der Waals surface area contributed by atoms with Crippen LogP contribution in [-0.4, -0.2) is 28.3 Å². The number of Topliss-reactive ketones (excluding diaryl/α,β-unsaturated/α-hetero) is 1. The van der Waals surface area contributed by atoms with Crippen LogP contribution in [0.1, 0.15) is 53.7 Å². The molecule has 0 radical (unpaired) electrons. The van der Waals surface area contributed by atoms with E-state index in [2.05, 4.69) is 15.3 Å².